The van der Waals surface area contributed by atoms with Gasteiger partial charge >= 0.3 is 0 Å². The zero-order valence-corrected chi connectivity index (χ0v) is 11.9. The number of nitrogens with one attached hydrogen (secondary N) is 1. The van der Waals surface area contributed by atoms with E-state index in [2.05, 4.69) is 24.4 Å². The molecule has 2 aromatic carbocycles. The fourth-order valence-electron chi connectivity index (χ4n) is 2.14. The molecule has 106 valence electrons. The van der Waals surface area contributed by atoms with Gasteiger partial charge < -0.3 is 10.1 Å². The maximum atomic E-state index is 13.6. The number of aryl methyl sites for hydroxylation is 1. The van der Waals surface area contributed by atoms with Gasteiger partial charge in [-0.3, -0.25) is 0 Å². The average Bonchev–Trinajstić information content (AvgIpc) is 2.46. The lowest BCUT2D eigenvalue weighted by Gasteiger charge is -2.16. The van der Waals surface area contributed by atoms with Crippen LogP contribution in [0.2, 0.25) is 0 Å². The van der Waals surface area contributed by atoms with Crippen LogP contribution in [0.5, 0.6) is 5.75 Å². The van der Waals surface area contributed by atoms with Crippen molar-refractivity contribution < 1.29 is 9.13 Å². The van der Waals surface area contributed by atoms with Crippen molar-refractivity contribution in [1.82, 2.24) is 0 Å². The Bertz CT molecular complexity index is 542. The molecule has 20 heavy (non-hydrogen) atoms. The van der Waals surface area contributed by atoms with E-state index < -0.39 is 0 Å². The van der Waals surface area contributed by atoms with Crippen LogP contribution in [0.4, 0.5) is 10.1 Å². The topological polar surface area (TPSA) is 21.3 Å². The number of benzene rings is 2. The summed E-state index contributed by atoms with van der Waals surface area (Å²) >= 11 is 0. The number of ether oxygens (including phenoxy) is 1. The van der Waals surface area contributed by atoms with Crippen molar-refractivity contribution in [2.24, 2.45) is 0 Å². The Morgan fingerprint density at radius 3 is 2.55 bits per heavy atom. The van der Waals surface area contributed by atoms with Gasteiger partial charge in [0.25, 0.3) is 0 Å². The van der Waals surface area contributed by atoms with Gasteiger partial charge in [0.2, 0.25) is 0 Å². The third kappa shape index (κ3) is 3.98. The second-order valence-electron chi connectivity index (χ2n) is 4.92. The second-order valence-corrected chi connectivity index (χ2v) is 4.92. The van der Waals surface area contributed by atoms with Crippen molar-refractivity contribution in [3.8, 4) is 5.75 Å². The van der Waals surface area contributed by atoms with Crippen LogP contribution < -0.4 is 10.1 Å². The number of halogens is 1. The van der Waals surface area contributed by atoms with Crippen LogP contribution in [0.25, 0.3) is 0 Å². The molecule has 0 aromatic heterocycles. The number of anilines is 1. The van der Waals surface area contributed by atoms with E-state index in [-0.39, 0.29) is 17.6 Å². The van der Waals surface area contributed by atoms with Crippen LogP contribution in [0.15, 0.2) is 48.5 Å². The zero-order chi connectivity index (χ0) is 14.4. The summed E-state index contributed by atoms with van der Waals surface area (Å²) in [6, 6.07) is 15.6. The molecule has 0 amide bonds. The Hall–Kier alpha value is -2.03. The summed E-state index contributed by atoms with van der Waals surface area (Å²) in [4.78, 5) is 0. The highest BCUT2D eigenvalue weighted by atomic mass is 19.1. The minimum atomic E-state index is -0.340. The van der Waals surface area contributed by atoms with E-state index in [1.807, 2.05) is 24.3 Å². The van der Waals surface area contributed by atoms with E-state index in [0.29, 0.717) is 0 Å². The number of methoxy groups -OCH3 is 1. The van der Waals surface area contributed by atoms with Crippen LogP contribution in [-0.4, -0.2) is 13.2 Å². The highest BCUT2D eigenvalue weighted by molar-refractivity contribution is 5.47. The Morgan fingerprint density at radius 1 is 1.15 bits per heavy atom. The van der Waals surface area contributed by atoms with Gasteiger partial charge in [-0.1, -0.05) is 30.3 Å². The molecule has 2 nitrogen and oxygen atoms in total. The normalized spacial score (nSPS) is 11.9. The molecule has 1 N–H and O–H groups in total. The van der Waals surface area contributed by atoms with Gasteiger partial charge in [0.1, 0.15) is 0 Å². The summed E-state index contributed by atoms with van der Waals surface area (Å²) in [7, 11) is 1.47. The van der Waals surface area contributed by atoms with E-state index in [0.717, 1.165) is 18.5 Å². The molecule has 2 rings (SSSR count). The fraction of sp³-hybridized carbons (Fsp3) is 0.294. The first kappa shape index (κ1) is 14.4. The van der Waals surface area contributed by atoms with Crippen LogP contribution in [0.3, 0.4) is 0 Å². The molecule has 0 saturated carbocycles. The highest BCUT2D eigenvalue weighted by Crippen LogP contribution is 2.21. The SMILES string of the molecule is COc1ccc(NC(C)CCc2ccccc2)cc1F. The van der Waals surface area contributed by atoms with Crippen LogP contribution >= 0.6 is 0 Å². The van der Waals surface area contributed by atoms with Gasteiger partial charge in [-0.05, 0) is 37.5 Å². The third-order valence-electron chi connectivity index (χ3n) is 3.27. The minimum Gasteiger partial charge on any atom is -0.494 e. The van der Waals surface area contributed by atoms with Gasteiger partial charge in [0, 0.05) is 17.8 Å². The molecule has 3 heteroatoms. The van der Waals surface area contributed by atoms with Gasteiger partial charge in [-0.2, -0.15) is 0 Å². The first-order chi connectivity index (χ1) is 9.69. The first-order valence-corrected chi connectivity index (χ1v) is 6.83. The molecule has 0 heterocycles. The smallest absolute Gasteiger partial charge is 0.167 e. The number of hydrogen-bond donors (Lipinski definition) is 1. The van der Waals surface area contributed by atoms with Gasteiger partial charge in [-0.25, -0.2) is 4.39 Å². The molecule has 2 aromatic rings. The van der Waals surface area contributed by atoms with E-state index in [1.54, 1.807) is 6.07 Å². The van der Waals surface area contributed by atoms with Crippen LogP contribution in [0, 0.1) is 5.82 Å². The molecule has 1 atom stereocenters. The Kier molecular flexibility index (Phi) is 4.99. The summed E-state index contributed by atoms with van der Waals surface area (Å²) in [6.45, 7) is 2.10. The standard InChI is InChI=1S/C17H20FNO/c1-13(8-9-14-6-4-3-5-7-14)19-15-10-11-17(20-2)16(18)12-15/h3-7,10-13,19H,8-9H2,1-2H3. The quantitative estimate of drug-likeness (QED) is 0.848. The van der Waals surface area contributed by atoms with Crippen molar-refractivity contribution in [3.05, 3.63) is 59.9 Å². The van der Waals surface area contributed by atoms with Crippen molar-refractivity contribution in [2.75, 3.05) is 12.4 Å². The summed E-state index contributed by atoms with van der Waals surface area (Å²) in [5.41, 5.74) is 2.10. The molecule has 0 aliphatic carbocycles. The molecular formula is C17H20FNO. The van der Waals surface area contributed by atoms with Gasteiger partial charge in [-0.15, -0.1) is 0 Å². The molecule has 1 unspecified atom stereocenters. The molecule has 0 aliphatic rings. The maximum Gasteiger partial charge on any atom is 0.167 e. The number of hydrogen-bond acceptors (Lipinski definition) is 2. The summed E-state index contributed by atoms with van der Waals surface area (Å²) in [5.74, 6) is -0.0692. The summed E-state index contributed by atoms with van der Waals surface area (Å²) in [5, 5.41) is 3.31. The molecule has 0 bridgehead atoms. The zero-order valence-electron chi connectivity index (χ0n) is 11.9. The monoisotopic (exact) mass is 273 g/mol. The molecule has 0 saturated heterocycles. The Labute approximate surface area is 119 Å². The third-order valence-corrected chi connectivity index (χ3v) is 3.27. The molecule has 0 aliphatic heterocycles. The molecule has 0 spiro atoms. The lowest BCUT2D eigenvalue weighted by atomic mass is 10.1. The van der Waals surface area contributed by atoms with E-state index >= 15 is 0 Å². The largest absolute Gasteiger partial charge is 0.494 e. The lowest BCUT2D eigenvalue weighted by molar-refractivity contribution is 0.386. The van der Waals surface area contributed by atoms with E-state index in [9.17, 15) is 4.39 Å². The highest BCUT2D eigenvalue weighted by Gasteiger charge is 2.06. The fourth-order valence-corrected chi connectivity index (χ4v) is 2.14. The van der Waals surface area contributed by atoms with Crippen molar-refractivity contribution >= 4 is 5.69 Å². The lowest BCUT2D eigenvalue weighted by Crippen LogP contribution is -2.16. The van der Waals surface area contributed by atoms with Crippen molar-refractivity contribution in [2.45, 2.75) is 25.8 Å². The van der Waals surface area contributed by atoms with Gasteiger partial charge in [0.05, 0.1) is 7.11 Å². The van der Waals surface area contributed by atoms with Crippen molar-refractivity contribution in [3.63, 3.8) is 0 Å². The molecule has 0 radical (unpaired) electrons. The predicted molar refractivity (Wildman–Crippen MR) is 80.8 cm³/mol. The number of rotatable bonds is 6. The Balaban J connectivity index is 1.88. The van der Waals surface area contributed by atoms with E-state index in [4.69, 9.17) is 4.74 Å². The molecule has 0 fully saturated rings. The van der Waals surface area contributed by atoms with Gasteiger partial charge in [0.15, 0.2) is 11.6 Å². The van der Waals surface area contributed by atoms with Crippen LogP contribution in [-0.2, 0) is 6.42 Å². The second kappa shape index (κ2) is 6.94. The van der Waals surface area contributed by atoms with Crippen molar-refractivity contribution in [1.29, 1.82) is 0 Å². The minimum absolute atomic E-state index is 0.271. The first-order valence-electron chi connectivity index (χ1n) is 6.83. The summed E-state index contributed by atoms with van der Waals surface area (Å²) in [6.07, 6.45) is 2.01. The average molecular weight is 273 g/mol. The Morgan fingerprint density at radius 2 is 1.90 bits per heavy atom. The maximum absolute atomic E-state index is 13.6. The van der Waals surface area contributed by atoms with E-state index in [1.165, 1.54) is 18.7 Å². The molecular weight excluding hydrogens is 253 g/mol. The van der Waals surface area contributed by atoms with Crippen LogP contribution in [0.1, 0.15) is 18.9 Å². The predicted octanol–water partition coefficient (Wildman–Crippen LogP) is 4.27. The summed E-state index contributed by atoms with van der Waals surface area (Å²) < 4.78 is 18.5.